The number of phenolic OH excluding ortho intramolecular Hbond substituents is 1. The van der Waals surface area contributed by atoms with E-state index in [2.05, 4.69) is 10.2 Å². The molecule has 1 saturated carbocycles. The second-order valence-corrected chi connectivity index (χ2v) is 4.07. The molecule has 0 amide bonds. The molecular formula is C11H11N3O2. The van der Waals surface area contributed by atoms with E-state index in [0.717, 1.165) is 18.4 Å². The Balaban J connectivity index is 2.03. The first-order chi connectivity index (χ1) is 7.71. The van der Waals surface area contributed by atoms with Gasteiger partial charge in [0.05, 0.1) is 5.41 Å². The molecule has 1 fully saturated rings. The van der Waals surface area contributed by atoms with Gasteiger partial charge in [0.2, 0.25) is 5.89 Å². The van der Waals surface area contributed by atoms with E-state index in [4.69, 9.17) is 10.2 Å². The maximum absolute atomic E-state index is 9.25. The fourth-order valence-corrected chi connectivity index (χ4v) is 1.96. The van der Waals surface area contributed by atoms with Crippen LogP contribution in [0.2, 0.25) is 0 Å². The van der Waals surface area contributed by atoms with Crippen LogP contribution in [0, 0.1) is 0 Å². The molecule has 1 aromatic carbocycles. The van der Waals surface area contributed by atoms with Crippen LogP contribution in [0.15, 0.2) is 28.7 Å². The van der Waals surface area contributed by atoms with Gasteiger partial charge in [-0.25, -0.2) is 0 Å². The van der Waals surface area contributed by atoms with Crippen molar-refractivity contribution >= 4 is 6.01 Å². The fourth-order valence-electron chi connectivity index (χ4n) is 1.96. The minimum Gasteiger partial charge on any atom is -0.508 e. The molecule has 5 heteroatoms. The Labute approximate surface area is 91.9 Å². The van der Waals surface area contributed by atoms with Gasteiger partial charge < -0.3 is 15.3 Å². The predicted octanol–water partition coefficient (Wildman–Crippen LogP) is 1.44. The van der Waals surface area contributed by atoms with Gasteiger partial charge >= 0.3 is 6.01 Å². The highest BCUT2D eigenvalue weighted by Gasteiger charge is 2.50. The van der Waals surface area contributed by atoms with Gasteiger partial charge in [-0.05, 0) is 30.5 Å². The molecule has 0 bridgehead atoms. The zero-order valence-electron chi connectivity index (χ0n) is 8.55. The van der Waals surface area contributed by atoms with Crippen LogP contribution in [0.25, 0.3) is 0 Å². The van der Waals surface area contributed by atoms with Crippen molar-refractivity contribution < 1.29 is 9.52 Å². The second kappa shape index (κ2) is 2.98. The molecule has 0 spiro atoms. The summed E-state index contributed by atoms with van der Waals surface area (Å²) >= 11 is 0. The molecule has 0 saturated heterocycles. The molecule has 1 aliphatic carbocycles. The number of nitrogens with two attached hydrogens (primary N) is 1. The summed E-state index contributed by atoms with van der Waals surface area (Å²) in [5, 5.41) is 16.9. The van der Waals surface area contributed by atoms with Gasteiger partial charge in [0, 0.05) is 0 Å². The standard InChI is InChI=1S/C11H11N3O2/c12-10-14-13-9(16-10)11(5-6-11)7-1-3-8(15)4-2-7/h1-4,15H,5-6H2,(H2,12,14). The van der Waals surface area contributed by atoms with Crippen molar-refractivity contribution in [2.45, 2.75) is 18.3 Å². The fraction of sp³-hybridized carbons (Fsp3) is 0.273. The number of nitrogens with zero attached hydrogens (tertiary/aromatic N) is 2. The summed E-state index contributed by atoms with van der Waals surface area (Å²) in [7, 11) is 0. The molecule has 1 aliphatic rings. The Hall–Kier alpha value is -2.04. The maximum atomic E-state index is 9.25. The lowest BCUT2D eigenvalue weighted by Gasteiger charge is -2.10. The molecule has 0 aliphatic heterocycles. The van der Waals surface area contributed by atoms with Gasteiger partial charge in [-0.3, -0.25) is 0 Å². The largest absolute Gasteiger partial charge is 0.508 e. The number of rotatable bonds is 2. The van der Waals surface area contributed by atoms with Crippen molar-refractivity contribution in [3.63, 3.8) is 0 Å². The van der Waals surface area contributed by atoms with E-state index in [1.54, 1.807) is 12.1 Å². The molecule has 5 nitrogen and oxygen atoms in total. The molecule has 0 unspecified atom stereocenters. The van der Waals surface area contributed by atoms with Crippen LogP contribution in [0.5, 0.6) is 5.75 Å². The molecule has 0 atom stereocenters. The third kappa shape index (κ3) is 1.25. The van der Waals surface area contributed by atoms with Crippen LogP contribution < -0.4 is 5.73 Å². The zero-order valence-corrected chi connectivity index (χ0v) is 8.55. The number of hydrogen-bond acceptors (Lipinski definition) is 5. The van der Waals surface area contributed by atoms with Crippen molar-refractivity contribution in [3.8, 4) is 5.75 Å². The Kier molecular flexibility index (Phi) is 1.71. The normalized spacial score (nSPS) is 17.2. The number of aromatic nitrogens is 2. The van der Waals surface area contributed by atoms with Crippen LogP contribution in [0.4, 0.5) is 6.01 Å². The maximum Gasteiger partial charge on any atom is 0.312 e. The summed E-state index contributed by atoms with van der Waals surface area (Å²) < 4.78 is 5.29. The Bertz CT molecular complexity index is 514. The topological polar surface area (TPSA) is 85.2 Å². The lowest BCUT2D eigenvalue weighted by Crippen LogP contribution is -2.08. The summed E-state index contributed by atoms with van der Waals surface area (Å²) in [6, 6.07) is 7.18. The van der Waals surface area contributed by atoms with E-state index in [1.807, 2.05) is 12.1 Å². The third-order valence-corrected chi connectivity index (χ3v) is 3.02. The summed E-state index contributed by atoms with van der Waals surface area (Å²) in [5.41, 5.74) is 6.32. The second-order valence-electron chi connectivity index (χ2n) is 4.07. The van der Waals surface area contributed by atoms with E-state index in [-0.39, 0.29) is 17.2 Å². The van der Waals surface area contributed by atoms with Crippen molar-refractivity contribution in [3.05, 3.63) is 35.7 Å². The Morgan fingerprint density at radius 2 is 1.88 bits per heavy atom. The number of phenols is 1. The molecule has 2 aromatic rings. The first-order valence-corrected chi connectivity index (χ1v) is 5.10. The van der Waals surface area contributed by atoms with Gasteiger partial charge in [-0.2, -0.15) is 0 Å². The lowest BCUT2D eigenvalue weighted by atomic mass is 9.96. The van der Waals surface area contributed by atoms with Crippen LogP contribution >= 0.6 is 0 Å². The van der Waals surface area contributed by atoms with Crippen molar-refractivity contribution in [2.75, 3.05) is 5.73 Å². The molecule has 0 radical (unpaired) electrons. The highest BCUT2D eigenvalue weighted by molar-refractivity contribution is 5.40. The zero-order chi connectivity index (χ0) is 11.2. The number of anilines is 1. The van der Waals surface area contributed by atoms with Crippen molar-refractivity contribution in [1.82, 2.24) is 10.2 Å². The quantitative estimate of drug-likeness (QED) is 0.794. The van der Waals surface area contributed by atoms with Crippen molar-refractivity contribution in [2.24, 2.45) is 0 Å². The van der Waals surface area contributed by atoms with Crippen LogP contribution in [-0.4, -0.2) is 15.3 Å². The molecule has 1 heterocycles. The van der Waals surface area contributed by atoms with Crippen molar-refractivity contribution in [1.29, 1.82) is 0 Å². The van der Waals surface area contributed by atoms with E-state index in [1.165, 1.54) is 0 Å². The molecule has 3 N–H and O–H groups in total. The lowest BCUT2D eigenvalue weighted by molar-refractivity contribution is 0.468. The first-order valence-electron chi connectivity index (χ1n) is 5.10. The van der Waals surface area contributed by atoms with E-state index >= 15 is 0 Å². The van der Waals surface area contributed by atoms with Crippen LogP contribution in [-0.2, 0) is 5.41 Å². The summed E-state index contributed by atoms with van der Waals surface area (Å²) in [6.07, 6.45) is 1.94. The van der Waals surface area contributed by atoms with E-state index in [9.17, 15) is 5.11 Å². The molecule has 1 aromatic heterocycles. The minimum atomic E-state index is -0.182. The monoisotopic (exact) mass is 217 g/mol. The highest BCUT2D eigenvalue weighted by atomic mass is 16.4. The van der Waals surface area contributed by atoms with Gasteiger partial charge in [0.25, 0.3) is 0 Å². The smallest absolute Gasteiger partial charge is 0.312 e. The van der Waals surface area contributed by atoms with Crippen LogP contribution in [0.1, 0.15) is 24.3 Å². The number of nitrogen functional groups attached to an aromatic ring is 1. The highest BCUT2D eigenvalue weighted by Crippen LogP contribution is 2.53. The average Bonchev–Trinajstić information content (AvgIpc) is 2.97. The average molecular weight is 217 g/mol. The SMILES string of the molecule is Nc1nnc(C2(c3ccc(O)cc3)CC2)o1. The van der Waals surface area contributed by atoms with Crippen LogP contribution in [0.3, 0.4) is 0 Å². The molecule has 82 valence electrons. The summed E-state index contributed by atoms with van der Waals surface area (Å²) in [4.78, 5) is 0. The van der Waals surface area contributed by atoms with Gasteiger partial charge in [0.15, 0.2) is 0 Å². The minimum absolute atomic E-state index is 0.0973. The van der Waals surface area contributed by atoms with E-state index in [0.29, 0.717) is 5.89 Å². The number of hydrogen-bond donors (Lipinski definition) is 2. The van der Waals surface area contributed by atoms with Gasteiger partial charge in [0.1, 0.15) is 5.75 Å². The predicted molar refractivity (Wildman–Crippen MR) is 56.8 cm³/mol. The Morgan fingerprint density at radius 3 is 2.38 bits per heavy atom. The summed E-state index contributed by atoms with van der Waals surface area (Å²) in [6.45, 7) is 0. The van der Waals surface area contributed by atoms with E-state index < -0.39 is 0 Å². The number of benzene rings is 1. The first kappa shape index (κ1) is 9.21. The number of aromatic hydroxyl groups is 1. The molecule has 16 heavy (non-hydrogen) atoms. The Morgan fingerprint density at radius 1 is 1.19 bits per heavy atom. The third-order valence-electron chi connectivity index (χ3n) is 3.02. The van der Waals surface area contributed by atoms with Gasteiger partial charge in [-0.15, -0.1) is 5.10 Å². The van der Waals surface area contributed by atoms with Gasteiger partial charge in [-0.1, -0.05) is 17.2 Å². The summed E-state index contributed by atoms with van der Waals surface area (Å²) in [5.74, 6) is 0.820. The molecule has 3 rings (SSSR count). The molecular weight excluding hydrogens is 206 g/mol.